The van der Waals surface area contributed by atoms with Gasteiger partial charge >= 0.3 is 0 Å². The Bertz CT molecular complexity index is 573. The van der Waals surface area contributed by atoms with Crippen LogP contribution in [0, 0.1) is 0 Å². The number of aliphatic hydroxyl groups is 1. The fourth-order valence-electron chi connectivity index (χ4n) is 2.43. The van der Waals surface area contributed by atoms with Crippen molar-refractivity contribution >= 4 is 5.69 Å². The molecule has 0 fully saturated rings. The predicted molar refractivity (Wildman–Crippen MR) is 94.8 cm³/mol. The quantitative estimate of drug-likeness (QED) is 0.465. The number of aliphatic hydroxyl groups excluding tert-OH is 1. The first kappa shape index (κ1) is 17.3. The molecule has 2 aromatic rings. The van der Waals surface area contributed by atoms with Crippen LogP contribution in [0.25, 0.3) is 0 Å². The molecule has 2 rings (SSSR count). The van der Waals surface area contributed by atoms with Gasteiger partial charge in [-0.15, -0.1) is 0 Å². The minimum absolute atomic E-state index is 0.183. The molecule has 0 spiro atoms. The summed E-state index contributed by atoms with van der Waals surface area (Å²) >= 11 is 0. The molecule has 4 N–H and O–H groups in total. The van der Waals surface area contributed by atoms with Gasteiger partial charge in [-0.25, -0.2) is 0 Å². The van der Waals surface area contributed by atoms with E-state index in [4.69, 9.17) is 15.6 Å². The van der Waals surface area contributed by atoms with Crippen molar-refractivity contribution < 1.29 is 9.84 Å². The molecule has 2 aromatic carbocycles. The number of benzene rings is 2. The zero-order chi connectivity index (χ0) is 16.3. The van der Waals surface area contributed by atoms with Crippen LogP contribution in [0.4, 0.5) is 5.69 Å². The Kier molecular flexibility index (Phi) is 7.43. The second-order valence-corrected chi connectivity index (χ2v) is 5.53. The van der Waals surface area contributed by atoms with Crippen molar-refractivity contribution in [2.75, 3.05) is 32.0 Å². The molecule has 4 nitrogen and oxygen atoms in total. The van der Waals surface area contributed by atoms with Gasteiger partial charge in [0.05, 0.1) is 18.9 Å². The highest BCUT2D eigenvalue weighted by Gasteiger charge is 2.03. The van der Waals surface area contributed by atoms with Gasteiger partial charge < -0.3 is 20.9 Å². The summed E-state index contributed by atoms with van der Waals surface area (Å²) < 4.78 is 5.79. The van der Waals surface area contributed by atoms with Crippen molar-refractivity contribution in [1.82, 2.24) is 5.32 Å². The number of nitrogens with two attached hydrogens (primary N) is 1. The van der Waals surface area contributed by atoms with E-state index in [1.165, 1.54) is 11.1 Å². The molecule has 0 unspecified atom stereocenters. The SMILES string of the molecule is Nc1cc(CCCNCCO)ccc1OCCc1ccccc1. The summed E-state index contributed by atoms with van der Waals surface area (Å²) in [5.41, 5.74) is 9.25. The number of aryl methyl sites for hydroxylation is 1. The van der Waals surface area contributed by atoms with Crippen molar-refractivity contribution in [2.45, 2.75) is 19.3 Å². The molecule has 0 aliphatic rings. The fraction of sp³-hybridized carbons (Fsp3) is 0.368. The normalized spacial score (nSPS) is 10.7. The number of hydrogen-bond donors (Lipinski definition) is 3. The summed E-state index contributed by atoms with van der Waals surface area (Å²) in [5, 5.41) is 11.9. The number of nitrogens with one attached hydrogen (secondary N) is 1. The highest BCUT2D eigenvalue weighted by Crippen LogP contribution is 2.23. The van der Waals surface area contributed by atoms with E-state index < -0.39 is 0 Å². The van der Waals surface area contributed by atoms with Gasteiger partial charge in [0.1, 0.15) is 5.75 Å². The van der Waals surface area contributed by atoms with E-state index in [1.54, 1.807) is 0 Å². The number of hydrogen-bond acceptors (Lipinski definition) is 4. The number of rotatable bonds is 10. The molecule has 4 heteroatoms. The van der Waals surface area contributed by atoms with Gasteiger partial charge in [0.15, 0.2) is 0 Å². The molecule has 0 aliphatic heterocycles. The third kappa shape index (κ3) is 6.30. The van der Waals surface area contributed by atoms with Crippen LogP contribution in [0.15, 0.2) is 48.5 Å². The van der Waals surface area contributed by atoms with Gasteiger partial charge in [-0.3, -0.25) is 0 Å². The summed E-state index contributed by atoms with van der Waals surface area (Å²) in [5.74, 6) is 0.753. The van der Waals surface area contributed by atoms with Crippen LogP contribution < -0.4 is 15.8 Å². The van der Waals surface area contributed by atoms with Crippen molar-refractivity contribution in [1.29, 1.82) is 0 Å². The first-order valence-electron chi connectivity index (χ1n) is 8.16. The van der Waals surface area contributed by atoms with Gasteiger partial charge in [0.2, 0.25) is 0 Å². The van der Waals surface area contributed by atoms with Crippen molar-refractivity contribution in [3.8, 4) is 5.75 Å². The molecule has 0 atom stereocenters. The van der Waals surface area contributed by atoms with Crippen molar-refractivity contribution in [3.05, 3.63) is 59.7 Å². The molecule has 0 aromatic heterocycles. The molecule has 0 saturated carbocycles. The molecule has 0 amide bonds. The maximum atomic E-state index is 8.70. The van der Waals surface area contributed by atoms with Crippen LogP contribution in [0.3, 0.4) is 0 Å². The largest absolute Gasteiger partial charge is 0.491 e. The topological polar surface area (TPSA) is 67.5 Å². The van der Waals surface area contributed by atoms with Gasteiger partial charge in [-0.1, -0.05) is 36.4 Å². The van der Waals surface area contributed by atoms with Crippen molar-refractivity contribution in [2.24, 2.45) is 0 Å². The Labute approximate surface area is 138 Å². The van der Waals surface area contributed by atoms with E-state index in [0.717, 1.165) is 31.6 Å². The lowest BCUT2D eigenvalue weighted by Crippen LogP contribution is -2.19. The van der Waals surface area contributed by atoms with E-state index in [-0.39, 0.29) is 6.61 Å². The maximum Gasteiger partial charge on any atom is 0.142 e. The summed E-state index contributed by atoms with van der Waals surface area (Å²) in [6.45, 7) is 2.35. The standard InChI is InChI=1S/C19H26N2O2/c20-18-15-17(7-4-11-21-12-13-22)8-9-19(18)23-14-10-16-5-2-1-3-6-16/h1-3,5-6,8-9,15,21-22H,4,7,10-14,20H2. The maximum absolute atomic E-state index is 8.70. The van der Waals surface area contributed by atoms with E-state index in [1.807, 2.05) is 30.3 Å². The van der Waals surface area contributed by atoms with E-state index >= 15 is 0 Å². The minimum atomic E-state index is 0.183. The van der Waals surface area contributed by atoms with E-state index in [9.17, 15) is 0 Å². The third-order valence-electron chi connectivity index (χ3n) is 3.67. The average molecular weight is 314 g/mol. The van der Waals surface area contributed by atoms with Gasteiger partial charge in [-0.05, 0) is 42.6 Å². The first-order chi connectivity index (χ1) is 11.3. The van der Waals surface area contributed by atoms with Crippen LogP contribution in [-0.2, 0) is 12.8 Å². The molecule has 0 aliphatic carbocycles. The predicted octanol–water partition coefficient (Wildman–Crippen LogP) is 2.40. The monoisotopic (exact) mass is 314 g/mol. The zero-order valence-corrected chi connectivity index (χ0v) is 13.5. The summed E-state index contributed by atoms with van der Waals surface area (Å²) in [4.78, 5) is 0. The number of anilines is 1. The minimum Gasteiger partial charge on any atom is -0.491 e. The van der Waals surface area contributed by atoms with Gasteiger partial charge in [-0.2, -0.15) is 0 Å². The van der Waals surface area contributed by atoms with Crippen LogP contribution in [0.1, 0.15) is 17.5 Å². The van der Waals surface area contributed by atoms with Crippen LogP contribution in [0.2, 0.25) is 0 Å². The second-order valence-electron chi connectivity index (χ2n) is 5.53. The second kappa shape index (κ2) is 9.87. The number of nitrogen functional groups attached to an aromatic ring is 1. The Morgan fingerprint density at radius 2 is 1.78 bits per heavy atom. The summed E-state index contributed by atoms with van der Waals surface area (Å²) in [6.07, 6.45) is 2.86. The van der Waals surface area contributed by atoms with E-state index in [2.05, 4.69) is 23.5 Å². The zero-order valence-electron chi connectivity index (χ0n) is 13.5. The lowest BCUT2D eigenvalue weighted by molar-refractivity contribution is 0.292. The lowest BCUT2D eigenvalue weighted by atomic mass is 10.1. The smallest absolute Gasteiger partial charge is 0.142 e. The van der Waals surface area contributed by atoms with Crippen molar-refractivity contribution in [3.63, 3.8) is 0 Å². The molecular formula is C19H26N2O2. The molecule has 23 heavy (non-hydrogen) atoms. The van der Waals surface area contributed by atoms with Crippen LogP contribution in [0.5, 0.6) is 5.75 Å². The first-order valence-corrected chi connectivity index (χ1v) is 8.16. The molecule has 0 radical (unpaired) electrons. The fourth-order valence-corrected chi connectivity index (χ4v) is 2.43. The van der Waals surface area contributed by atoms with Crippen LogP contribution >= 0.6 is 0 Å². The highest BCUT2D eigenvalue weighted by molar-refractivity contribution is 5.54. The Morgan fingerprint density at radius 3 is 2.52 bits per heavy atom. The molecule has 0 bridgehead atoms. The summed E-state index contributed by atoms with van der Waals surface area (Å²) in [6, 6.07) is 16.3. The third-order valence-corrected chi connectivity index (χ3v) is 3.67. The Hall–Kier alpha value is -2.04. The van der Waals surface area contributed by atoms with Gasteiger partial charge in [0, 0.05) is 13.0 Å². The van der Waals surface area contributed by atoms with Crippen LogP contribution in [-0.4, -0.2) is 31.4 Å². The lowest BCUT2D eigenvalue weighted by Gasteiger charge is -2.11. The molecule has 124 valence electrons. The summed E-state index contributed by atoms with van der Waals surface area (Å²) in [7, 11) is 0. The van der Waals surface area contributed by atoms with Gasteiger partial charge in [0.25, 0.3) is 0 Å². The average Bonchev–Trinajstić information content (AvgIpc) is 2.57. The Balaban J connectivity index is 1.75. The van der Waals surface area contributed by atoms with E-state index in [0.29, 0.717) is 18.8 Å². The number of ether oxygens (including phenoxy) is 1. The molecule has 0 heterocycles. The molecular weight excluding hydrogens is 288 g/mol. The molecule has 0 saturated heterocycles. The Morgan fingerprint density at radius 1 is 0.957 bits per heavy atom. The highest BCUT2D eigenvalue weighted by atomic mass is 16.5.